The fraction of sp³-hybridized carbons (Fsp3) is 0.0625. The zero-order valence-corrected chi connectivity index (χ0v) is 11.1. The lowest BCUT2D eigenvalue weighted by molar-refractivity contribution is 0.833. The van der Waals surface area contributed by atoms with Crippen molar-refractivity contribution in [1.29, 1.82) is 0 Å². The highest BCUT2D eigenvalue weighted by Crippen LogP contribution is 2.27. The number of para-hydroxylation sites is 2. The first-order chi connectivity index (χ1) is 9.42. The van der Waals surface area contributed by atoms with Gasteiger partial charge in [0.05, 0.1) is 23.9 Å². The highest BCUT2D eigenvalue weighted by molar-refractivity contribution is 7.17. The van der Waals surface area contributed by atoms with E-state index >= 15 is 0 Å². The Bertz CT molecular complexity index is 785. The van der Waals surface area contributed by atoms with E-state index in [1.54, 1.807) is 0 Å². The summed E-state index contributed by atoms with van der Waals surface area (Å²) in [5, 5.41) is 3.60. The summed E-state index contributed by atoms with van der Waals surface area (Å²) in [6.45, 7) is 0.879. The van der Waals surface area contributed by atoms with Gasteiger partial charge in [0, 0.05) is 4.70 Å². The highest BCUT2D eigenvalue weighted by Gasteiger charge is 2.06. The minimum atomic E-state index is 0.879. The second kappa shape index (κ2) is 4.21. The number of fused-ring (bicyclic) bond motifs is 2. The van der Waals surface area contributed by atoms with Crippen LogP contribution in [0.5, 0.6) is 0 Å². The van der Waals surface area contributed by atoms with Gasteiger partial charge in [-0.25, -0.2) is 4.98 Å². The van der Waals surface area contributed by atoms with Gasteiger partial charge in [0.15, 0.2) is 0 Å². The maximum Gasteiger partial charge on any atom is 0.0961 e. The smallest absolute Gasteiger partial charge is 0.0961 e. The van der Waals surface area contributed by atoms with Gasteiger partial charge in [0.25, 0.3) is 0 Å². The van der Waals surface area contributed by atoms with Crippen LogP contribution in [0.2, 0.25) is 0 Å². The van der Waals surface area contributed by atoms with E-state index < -0.39 is 0 Å². The first-order valence-electron chi connectivity index (χ1n) is 6.27. The molecular formula is C16H12N2S. The lowest BCUT2D eigenvalue weighted by Crippen LogP contribution is -1.96. The van der Waals surface area contributed by atoms with E-state index in [1.807, 2.05) is 23.7 Å². The quantitative estimate of drug-likeness (QED) is 0.528. The molecule has 2 heterocycles. The summed E-state index contributed by atoms with van der Waals surface area (Å²) >= 11 is 1.81. The maximum atomic E-state index is 4.45. The minimum Gasteiger partial charge on any atom is -0.326 e. The topological polar surface area (TPSA) is 17.8 Å². The number of hydrogen-bond donors (Lipinski definition) is 0. The molecular weight excluding hydrogens is 252 g/mol. The fourth-order valence-electron chi connectivity index (χ4n) is 2.48. The van der Waals surface area contributed by atoms with Gasteiger partial charge in [-0.3, -0.25) is 0 Å². The van der Waals surface area contributed by atoms with E-state index in [9.17, 15) is 0 Å². The second-order valence-corrected chi connectivity index (χ2v) is 5.53. The summed E-state index contributed by atoms with van der Waals surface area (Å²) in [5.74, 6) is 0. The van der Waals surface area contributed by atoms with Crippen molar-refractivity contribution in [3.05, 3.63) is 65.8 Å². The largest absolute Gasteiger partial charge is 0.326 e. The molecule has 0 atom stereocenters. The molecule has 0 amide bonds. The SMILES string of the molecule is c1ccc2c(c1)ncn2Cc1csc2ccccc12. The Morgan fingerprint density at radius 1 is 1.00 bits per heavy atom. The molecule has 2 nitrogen and oxygen atoms in total. The summed E-state index contributed by atoms with van der Waals surface area (Å²) in [5.41, 5.74) is 3.61. The van der Waals surface area contributed by atoms with Gasteiger partial charge in [-0.15, -0.1) is 11.3 Å². The number of imidazole rings is 1. The Labute approximate surface area is 114 Å². The summed E-state index contributed by atoms with van der Waals surface area (Å²) < 4.78 is 3.56. The molecule has 0 spiro atoms. The van der Waals surface area contributed by atoms with Crippen molar-refractivity contribution in [2.45, 2.75) is 6.54 Å². The van der Waals surface area contributed by atoms with Crippen molar-refractivity contribution in [3.8, 4) is 0 Å². The lowest BCUT2D eigenvalue weighted by atomic mass is 10.2. The maximum absolute atomic E-state index is 4.45. The van der Waals surface area contributed by atoms with Crippen molar-refractivity contribution < 1.29 is 0 Å². The summed E-state index contributed by atoms with van der Waals surface area (Å²) in [4.78, 5) is 4.45. The molecule has 19 heavy (non-hydrogen) atoms. The van der Waals surface area contributed by atoms with Crippen molar-refractivity contribution >= 4 is 32.5 Å². The fourth-order valence-corrected chi connectivity index (χ4v) is 3.43. The van der Waals surface area contributed by atoms with Crippen molar-refractivity contribution in [2.24, 2.45) is 0 Å². The van der Waals surface area contributed by atoms with Gasteiger partial charge >= 0.3 is 0 Å². The van der Waals surface area contributed by atoms with Crippen molar-refractivity contribution in [3.63, 3.8) is 0 Å². The van der Waals surface area contributed by atoms with Crippen LogP contribution in [0.15, 0.2) is 60.2 Å². The molecule has 0 saturated carbocycles. The standard InChI is InChI=1S/C16H12N2S/c1-4-8-16-13(5-1)12(10-19-16)9-18-11-17-14-6-2-3-7-15(14)18/h1-8,10-11H,9H2. The van der Waals surface area contributed by atoms with E-state index in [4.69, 9.17) is 0 Å². The normalized spacial score (nSPS) is 11.4. The van der Waals surface area contributed by atoms with Gasteiger partial charge < -0.3 is 4.57 Å². The van der Waals surface area contributed by atoms with Crippen LogP contribution in [-0.2, 0) is 6.54 Å². The van der Waals surface area contributed by atoms with Gasteiger partial charge in [-0.05, 0) is 34.5 Å². The Kier molecular flexibility index (Phi) is 2.38. The molecule has 0 aliphatic rings. The number of hydrogen-bond acceptors (Lipinski definition) is 2. The molecule has 0 unspecified atom stereocenters. The second-order valence-electron chi connectivity index (χ2n) is 4.62. The third kappa shape index (κ3) is 1.74. The summed E-state index contributed by atoms with van der Waals surface area (Å²) in [6.07, 6.45) is 1.93. The van der Waals surface area contributed by atoms with Gasteiger partial charge in [0.2, 0.25) is 0 Å². The molecule has 4 rings (SSSR count). The van der Waals surface area contributed by atoms with Crippen LogP contribution >= 0.6 is 11.3 Å². The van der Waals surface area contributed by atoms with Crippen LogP contribution in [0.25, 0.3) is 21.1 Å². The Balaban J connectivity index is 1.82. The van der Waals surface area contributed by atoms with Crippen molar-refractivity contribution in [1.82, 2.24) is 9.55 Å². The van der Waals surface area contributed by atoms with E-state index in [0.29, 0.717) is 0 Å². The Morgan fingerprint density at radius 2 is 1.84 bits per heavy atom. The molecule has 0 fully saturated rings. The third-order valence-corrected chi connectivity index (χ3v) is 4.44. The van der Waals surface area contributed by atoms with Crippen LogP contribution in [0.4, 0.5) is 0 Å². The molecule has 0 aliphatic carbocycles. The third-order valence-electron chi connectivity index (χ3n) is 3.43. The van der Waals surface area contributed by atoms with E-state index in [0.717, 1.165) is 12.1 Å². The van der Waals surface area contributed by atoms with Crippen LogP contribution in [0, 0.1) is 0 Å². The molecule has 0 N–H and O–H groups in total. The van der Waals surface area contributed by atoms with Gasteiger partial charge in [-0.2, -0.15) is 0 Å². The van der Waals surface area contributed by atoms with E-state index in [2.05, 4.69) is 57.4 Å². The van der Waals surface area contributed by atoms with Gasteiger partial charge in [-0.1, -0.05) is 30.3 Å². The number of thiophene rings is 1. The van der Waals surface area contributed by atoms with Crippen LogP contribution in [0.1, 0.15) is 5.56 Å². The average molecular weight is 264 g/mol. The molecule has 0 radical (unpaired) electrons. The molecule has 0 aliphatic heterocycles. The molecule has 92 valence electrons. The van der Waals surface area contributed by atoms with Crippen LogP contribution in [0.3, 0.4) is 0 Å². The highest BCUT2D eigenvalue weighted by atomic mass is 32.1. The zero-order chi connectivity index (χ0) is 12.7. The molecule has 0 bridgehead atoms. The Hall–Kier alpha value is -2.13. The van der Waals surface area contributed by atoms with Gasteiger partial charge in [0.1, 0.15) is 0 Å². The molecule has 4 aromatic rings. The average Bonchev–Trinajstić information content (AvgIpc) is 3.05. The molecule has 2 aromatic heterocycles. The number of rotatable bonds is 2. The minimum absolute atomic E-state index is 0.879. The van der Waals surface area contributed by atoms with Crippen LogP contribution in [-0.4, -0.2) is 9.55 Å². The van der Waals surface area contributed by atoms with Crippen molar-refractivity contribution in [2.75, 3.05) is 0 Å². The molecule has 2 aromatic carbocycles. The number of benzene rings is 2. The Morgan fingerprint density at radius 3 is 2.84 bits per heavy atom. The predicted octanol–water partition coefficient (Wildman–Crippen LogP) is 4.30. The number of aromatic nitrogens is 2. The monoisotopic (exact) mass is 264 g/mol. The molecule has 0 saturated heterocycles. The first kappa shape index (κ1) is 10.8. The molecule has 3 heteroatoms. The van der Waals surface area contributed by atoms with E-state index in [1.165, 1.54) is 21.2 Å². The van der Waals surface area contributed by atoms with Crippen LogP contribution < -0.4 is 0 Å². The predicted molar refractivity (Wildman–Crippen MR) is 80.7 cm³/mol. The number of nitrogens with zero attached hydrogens (tertiary/aromatic N) is 2. The lowest BCUT2D eigenvalue weighted by Gasteiger charge is -2.03. The first-order valence-corrected chi connectivity index (χ1v) is 7.15. The zero-order valence-electron chi connectivity index (χ0n) is 10.3. The summed E-state index contributed by atoms with van der Waals surface area (Å²) in [7, 11) is 0. The van der Waals surface area contributed by atoms with E-state index in [-0.39, 0.29) is 0 Å². The summed E-state index contributed by atoms with van der Waals surface area (Å²) in [6, 6.07) is 16.8.